The highest BCUT2D eigenvalue weighted by Crippen LogP contribution is 2.26. The predicted molar refractivity (Wildman–Crippen MR) is 98.0 cm³/mol. The van der Waals surface area contributed by atoms with E-state index in [1.165, 1.54) is 18.9 Å². The number of hydrogen-bond acceptors (Lipinski definition) is 4. The second kappa shape index (κ2) is 8.72. The predicted octanol–water partition coefficient (Wildman–Crippen LogP) is 3.60. The number of ether oxygens (including phenoxy) is 2. The summed E-state index contributed by atoms with van der Waals surface area (Å²) in [6.45, 7) is 3.71. The van der Waals surface area contributed by atoms with Crippen molar-refractivity contribution < 1.29 is 13.9 Å². The normalized spacial score (nSPS) is 13.9. The molecule has 3 rings (SSSR count). The molecule has 5 heteroatoms. The van der Waals surface area contributed by atoms with Crippen LogP contribution in [0.2, 0.25) is 0 Å². The Hall–Kier alpha value is -2.27. The van der Waals surface area contributed by atoms with Crippen molar-refractivity contribution in [2.45, 2.75) is 19.4 Å². The van der Waals surface area contributed by atoms with E-state index in [0.29, 0.717) is 19.7 Å². The first-order valence-electron chi connectivity index (χ1n) is 8.78. The molecule has 0 saturated carbocycles. The Balaban J connectivity index is 1.48. The molecular weight excluding hydrogens is 319 g/mol. The van der Waals surface area contributed by atoms with E-state index in [4.69, 9.17) is 9.47 Å². The Kier molecular flexibility index (Phi) is 6.12. The molecule has 1 aliphatic heterocycles. The molecule has 0 spiro atoms. The lowest BCUT2D eigenvalue weighted by Gasteiger charge is -2.22. The maximum absolute atomic E-state index is 14.2. The van der Waals surface area contributed by atoms with Gasteiger partial charge in [0.1, 0.15) is 23.9 Å². The zero-order valence-electron chi connectivity index (χ0n) is 14.6. The number of methoxy groups -OCH3 is 1. The lowest BCUT2D eigenvalue weighted by Crippen LogP contribution is -2.25. The molecule has 25 heavy (non-hydrogen) atoms. The van der Waals surface area contributed by atoms with E-state index in [0.717, 1.165) is 35.8 Å². The zero-order chi connectivity index (χ0) is 17.5. The summed E-state index contributed by atoms with van der Waals surface area (Å²) >= 11 is 0. The van der Waals surface area contributed by atoms with Crippen molar-refractivity contribution >= 4 is 5.69 Å². The maximum atomic E-state index is 14.2. The molecule has 0 unspecified atom stereocenters. The fourth-order valence-electron chi connectivity index (χ4n) is 3.10. The number of nitrogens with zero attached hydrogens (tertiary/aromatic N) is 1. The van der Waals surface area contributed by atoms with Gasteiger partial charge in [0.25, 0.3) is 0 Å². The van der Waals surface area contributed by atoms with Gasteiger partial charge in [-0.1, -0.05) is 6.07 Å². The summed E-state index contributed by atoms with van der Waals surface area (Å²) in [6.07, 6.45) is 2.36. The van der Waals surface area contributed by atoms with E-state index >= 15 is 0 Å². The van der Waals surface area contributed by atoms with E-state index in [1.807, 2.05) is 30.3 Å². The van der Waals surface area contributed by atoms with Crippen LogP contribution in [0, 0.1) is 5.82 Å². The number of benzene rings is 2. The zero-order valence-corrected chi connectivity index (χ0v) is 14.6. The van der Waals surface area contributed by atoms with E-state index in [1.54, 1.807) is 13.2 Å². The molecule has 0 bridgehead atoms. The average Bonchev–Trinajstić information content (AvgIpc) is 3.17. The molecule has 0 aliphatic carbocycles. The molecule has 2 aromatic carbocycles. The number of hydrogen-bond donors (Lipinski definition) is 1. The third-order valence-electron chi connectivity index (χ3n) is 4.45. The van der Waals surface area contributed by atoms with Gasteiger partial charge in [-0.3, -0.25) is 0 Å². The highest BCUT2D eigenvalue weighted by Gasteiger charge is 2.17. The Bertz CT molecular complexity index is 670. The Morgan fingerprint density at radius 1 is 1.04 bits per heavy atom. The Labute approximate surface area is 148 Å². The molecule has 1 fully saturated rings. The van der Waals surface area contributed by atoms with Crippen LogP contribution < -0.4 is 19.7 Å². The molecule has 1 N–H and O–H groups in total. The quantitative estimate of drug-likeness (QED) is 0.742. The van der Waals surface area contributed by atoms with Gasteiger partial charge in [0.05, 0.1) is 7.11 Å². The van der Waals surface area contributed by atoms with Crippen LogP contribution >= 0.6 is 0 Å². The van der Waals surface area contributed by atoms with Crippen LogP contribution in [0.4, 0.5) is 10.1 Å². The summed E-state index contributed by atoms with van der Waals surface area (Å²) in [5.41, 5.74) is 1.76. The summed E-state index contributed by atoms with van der Waals surface area (Å²) in [4.78, 5) is 2.27. The number of nitrogens with one attached hydrogen (secondary N) is 1. The largest absolute Gasteiger partial charge is 0.497 e. The summed E-state index contributed by atoms with van der Waals surface area (Å²) in [6, 6.07) is 12.8. The average molecular weight is 344 g/mol. The molecule has 0 atom stereocenters. The van der Waals surface area contributed by atoms with Crippen LogP contribution in [0.1, 0.15) is 18.4 Å². The molecule has 2 aromatic rings. The lowest BCUT2D eigenvalue weighted by molar-refractivity contribution is 0.312. The maximum Gasteiger partial charge on any atom is 0.129 e. The van der Waals surface area contributed by atoms with Gasteiger partial charge in [0.15, 0.2) is 0 Å². The third kappa shape index (κ3) is 4.63. The minimum Gasteiger partial charge on any atom is -0.497 e. The van der Waals surface area contributed by atoms with Crippen molar-refractivity contribution in [3.8, 4) is 11.5 Å². The summed E-state index contributed by atoms with van der Waals surface area (Å²) in [7, 11) is 1.64. The van der Waals surface area contributed by atoms with Crippen molar-refractivity contribution in [2.24, 2.45) is 0 Å². The first-order valence-corrected chi connectivity index (χ1v) is 8.78. The molecular formula is C20H25FN2O2. The van der Waals surface area contributed by atoms with Gasteiger partial charge in [-0.05, 0) is 49.2 Å². The molecule has 1 saturated heterocycles. The molecule has 1 heterocycles. The first kappa shape index (κ1) is 17.5. The fraction of sp³-hybridized carbons (Fsp3) is 0.400. The summed E-state index contributed by atoms with van der Waals surface area (Å²) in [5, 5.41) is 3.28. The molecule has 1 aliphatic rings. The van der Waals surface area contributed by atoms with Crippen LogP contribution in [0.15, 0.2) is 42.5 Å². The number of anilines is 1. The SMILES string of the molecule is COc1ccc(OCCNCc2c(F)cccc2N2CCCC2)cc1. The van der Waals surface area contributed by atoms with E-state index < -0.39 is 0 Å². The molecule has 134 valence electrons. The van der Waals surface area contributed by atoms with Crippen LogP contribution in [-0.4, -0.2) is 33.4 Å². The molecule has 4 nitrogen and oxygen atoms in total. The van der Waals surface area contributed by atoms with Crippen LogP contribution in [0.3, 0.4) is 0 Å². The van der Waals surface area contributed by atoms with Gasteiger partial charge in [0, 0.05) is 37.4 Å². The van der Waals surface area contributed by atoms with Gasteiger partial charge < -0.3 is 19.7 Å². The van der Waals surface area contributed by atoms with Gasteiger partial charge in [-0.25, -0.2) is 4.39 Å². The second-order valence-electron chi connectivity index (χ2n) is 6.13. The monoisotopic (exact) mass is 344 g/mol. The minimum absolute atomic E-state index is 0.145. The number of halogens is 1. The second-order valence-corrected chi connectivity index (χ2v) is 6.13. The van der Waals surface area contributed by atoms with E-state index in [-0.39, 0.29) is 5.82 Å². The molecule has 0 radical (unpaired) electrons. The smallest absolute Gasteiger partial charge is 0.129 e. The van der Waals surface area contributed by atoms with Crippen LogP contribution in [-0.2, 0) is 6.54 Å². The highest BCUT2D eigenvalue weighted by atomic mass is 19.1. The lowest BCUT2D eigenvalue weighted by atomic mass is 10.1. The summed E-state index contributed by atoms with van der Waals surface area (Å²) in [5.74, 6) is 1.46. The molecule has 0 amide bonds. The van der Waals surface area contributed by atoms with E-state index in [9.17, 15) is 4.39 Å². The van der Waals surface area contributed by atoms with Crippen molar-refractivity contribution in [1.29, 1.82) is 0 Å². The number of rotatable bonds is 8. The first-order chi connectivity index (χ1) is 12.3. The van der Waals surface area contributed by atoms with Crippen LogP contribution in [0.5, 0.6) is 11.5 Å². The topological polar surface area (TPSA) is 33.7 Å². The van der Waals surface area contributed by atoms with Crippen molar-refractivity contribution in [3.63, 3.8) is 0 Å². The van der Waals surface area contributed by atoms with Crippen LogP contribution in [0.25, 0.3) is 0 Å². The van der Waals surface area contributed by atoms with Crippen molar-refractivity contribution in [2.75, 3.05) is 38.3 Å². The highest BCUT2D eigenvalue weighted by molar-refractivity contribution is 5.54. The van der Waals surface area contributed by atoms with Crippen molar-refractivity contribution in [3.05, 3.63) is 53.8 Å². The van der Waals surface area contributed by atoms with Gasteiger partial charge in [0.2, 0.25) is 0 Å². The van der Waals surface area contributed by atoms with Gasteiger partial charge in [-0.15, -0.1) is 0 Å². The van der Waals surface area contributed by atoms with E-state index in [2.05, 4.69) is 10.2 Å². The summed E-state index contributed by atoms with van der Waals surface area (Å²) < 4.78 is 25.0. The van der Waals surface area contributed by atoms with Gasteiger partial charge >= 0.3 is 0 Å². The van der Waals surface area contributed by atoms with Gasteiger partial charge in [-0.2, -0.15) is 0 Å². The van der Waals surface area contributed by atoms with Crippen molar-refractivity contribution in [1.82, 2.24) is 5.32 Å². The third-order valence-corrected chi connectivity index (χ3v) is 4.45. The minimum atomic E-state index is -0.145. The fourth-order valence-corrected chi connectivity index (χ4v) is 3.10. The standard InChI is InChI=1S/C20H25FN2O2/c1-24-16-7-9-17(10-8-16)25-14-11-22-15-18-19(21)5-4-6-20(18)23-12-2-3-13-23/h4-10,22H,2-3,11-15H2,1H3. The molecule has 0 aromatic heterocycles. The Morgan fingerprint density at radius 3 is 2.48 bits per heavy atom. The Morgan fingerprint density at radius 2 is 1.76 bits per heavy atom.